The summed E-state index contributed by atoms with van der Waals surface area (Å²) in [6.45, 7) is 2.88. The highest BCUT2D eigenvalue weighted by Crippen LogP contribution is 2.28. The zero-order chi connectivity index (χ0) is 20.1. The number of hydrogen-bond donors (Lipinski definition) is 5. The molecule has 0 saturated carbocycles. The molecule has 0 aliphatic rings. The fourth-order valence-electron chi connectivity index (χ4n) is 2.18. The average molecular weight is 368 g/mol. The lowest BCUT2D eigenvalue weighted by atomic mass is 9.82. The van der Waals surface area contributed by atoms with Gasteiger partial charge in [-0.2, -0.15) is 0 Å². The maximum Gasteiger partial charge on any atom is 0.348 e. The molecule has 0 fully saturated rings. The highest BCUT2D eigenvalue weighted by molar-refractivity contribution is 5.93. The zero-order valence-corrected chi connectivity index (χ0v) is 14.1. The second kappa shape index (κ2) is 8.34. The van der Waals surface area contributed by atoms with E-state index < -0.39 is 41.3 Å². The molecule has 26 heavy (non-hydrogen) atoms. The van der Waals surface area contributed by atoms with Crippen LogP contribution in [0.25, 0.3) is 6.08 Å². The zero-order valence-electron chi connectivity index (χ0n) is 14.1. The van der Waals surface area contributed by atoms with Gasteiger partial charge in [0, 0.05) is 6.08 Å². The van der Waals surface area contributed by atoms with Crippen molar-refractivity contribution in [3.8, 4) is 11.5 Å². The first kappa shape index (κ1) is 21.0. The SMILES string of the molecule is CCC(C)C(O)(C(=O)O)C(OC(=O)/C=C/c1ccc(O)c(O)c1)C(=O)O. The van der Waals surface area contributed by atoms with E-state index in [-0.39, 0.29) is 12.2 Å². The average Bonchev–Trinajstić information content (AvgIpc) is 2.58. The summed E-state index contributed by atoms with van der Waals surface area (Å²) in [4.78, 5) is 34.7. The lowest BCUT2D eigenvalue weighted by Crippen LogP contribution is -2.59. The molecule has 9 nitrogen and oxygen atoms in total. The van der Waals surface area contributed by atoms with Crippen LogP contribution < -0.4 is 0 Å². The number of phenolic OH excluding ortho intramolecular Hbond substituents is 2. The Kier molecular flexibility index (Phi) is 6.73. The number of esters is 1. The van der Waals surface area contributed by atoms with Gasteiger partial charge in [-0.25, -0.2) is 14.4 Å². The summed E-state index contributed by atoms with van der Waals surface area (Å²) in [5.74, 6) is -6.63. The van der Waals surface area contributed by atoms with E-state index in [0.717, 1.165) is 18.2 Å². The Morgan fingerprint density at radius 3 is 2.27 bits per heavy atom. The first-order chi connectivity index (χ1) is 12.0. The van der Waals surface area contributed by atoms with Gasteiger partial charge in [-0.15, -0.1) is 0 Å². The molecule has 3 unspecified atom stereocenters. The van der Waals surface area contributed by atoms with Gasteiger partial charge in [-0.1, -0.05) is 26.3 Å². The van der Waals surface area contributed by atoms with Gasteiger partial charge in [0.15, 0.2) is 11.5 Å². The van der Waals surface area contributed by atoms with Crippen LogP contribution in [0, 0.1) is 5.92 Å². The van der Waals surface area contributed by atoms with Gasteiger partial charge in [0.25, 0.3) is 0 Å². The summed E-state index contributed by atoms with van der Waals surface area (Å²) in [5.41, 5.74) is -2.51. The van der Waals surface area contributed by atoms with E-state index in [1.165, 1.54) is 19.1 Å². The van der Waals surface area contributed by atoms with Gasteiger partial charge in [0.2, 0.25) is 11.7 Å². The van der Waals surface area contributed by atoms with Gasteiger partial charge in [0.1, 0.15) is 0 Å². The van der Waals surface area contributed by atoms with Crippen molar-refractivity contribution in [2.24, 2.45) is 5.92 Å². The third kappa shape index (κ3) is 4.51. The van der Waals surface area contributed by atoms with Crippen LogP contribution in [0.4, 0.5) is 0 Å². The Bertz CT molecular complexity index is 725. The smallest absolute Gasteiger partial charge is 0.348 e. The summed E-state index contributed by atoms with van der Waals surface area (Å²) in [5, 5.41) is 47.4. The van der Waals surface area contributed by atoms with Gasteiger partial charge in [-0.3, -0.25) is 0 Å². The van der Waals surface area contributed by atoms with Crippen molar-refractivity contribution in [1.82, 2.24) is 0 Å². The lowest BCUT2D eigenvalue weighted by molar-refractivity contribution is -0.200. The first-order valence-corrected chi connectivity index (χ1v) is 7.63. The molecule has 1 aromatic rings. The molecule has 0 aromatic heterocycles. The monoisotopic (exact) mass is 368 g/mol. The predicted octanol–water partition coefficient (Wildman–Crippen LogP) is 0.969. The van der Waals surface area contributed by atoms with E-state index in [1.54, 1.807) is 6.92 Å². The van der Waals surface area contributed by atoms with Crippen molar-refractivity contribution in [1.29, 1.82) is 0 Å². The molecule has 5 N–H and O–H groups in total. The standard InChI is InChI=1S/C17H20O9/c1-3-9(2)17(25,16(23)24)14(15(21)22)26-13(20)7-5-10-4-6-11(18)12(19)8-10/h4-9,14,18-19,25H,3H2,1-2H3,(H,21,22)(H,23,24)/b7-5+. The minimum absolute atomic E-state index is 0.132. The molecule has 1 rings (SSSR count). The summed E-state index contributed by atoms with van der Waals surface area (Å²) in [6, 6.07) is 3.67. The topological polar surface area (TPSA) is 162 Å². The minimum atomic E-state index is -2.80. The van der Waals surface area contributed by atoms with Crippen LogP contribution in [-0.2, 0) is 19.1 Å². The molecule has 1 aromatic carbocycles. The van der Waals surface area contributed by atoms with Crippen LogP contribution in [0.15, 0.2) is 24.3 Å². The largest absolute Gasteiger partial charge is 0.504 e. The van der Waals surface area contributed by atoms with E-state index >= 15 is 0 Å². The van der Waals surface area contributed by atoms with Crippen molar-refractivity contribution in [3.05, 3.63) is 29.8 Å². The van der Waals surface area contributed by atoms with Gasteiger partial charge in [-0.05, 0) is 29.7 Å². The third-order valence-electron chi connectivity index (χ3n) is 3.98. The highest BCUT2D eigenvalue weighted by atomic mass is 16.6. The number of hydrogen-bond acceptors (Lipinski definition) is 7. The summed E-state index contributed by atoms with van der Waals surface area (Å²) >= 11 is 0. The minimum Gasteiger partial charge on any atom is -0.504 e. The molecule has 0 aliphatic heterocycles. The normalized spacial score (nSPS) is 15.8. The summed E-state index contributed by atoms with van der Waals surface area (Å²) < 4.78 is 4.67. The number of aliphatic carboxylic acids is 2. The van der Waals surface area contributed by atoms with Crippen LogP contribution in [0.5, 0.6) is 11.5 Å². The van der Waals surface area contributed by atoms with Crippen LogP contribution in [0.1, 0.15) is 25.8 Å². The van der Waals surface area contributed by atoms with E-state index in [2.05, 4.69) is 4.74 Å². The van der Waals surface area contributed by atoms with Crippen molar-refractivity contribution in [3.63, 3.8) is 0 Å². The van der Waals surface area contributed by atoms with Gasteiger partial charge >= 0.3 is 17.9 Å². The Morgan fingerprint density at radius 1 is 1.19 bits per heavy atom. The third-order valence-corrected chi connectivity index (χ3v) is 3.98. The van der Waals surface area contributed by atoms with E-state index in [1.807, 2.05) is 0 Å². The number of carboxylic acids is 2. The lowest BCUT2D eigenvalue weighted by Gasteiger charge is -2.33. The molecule has 0 bridgehead atoms. The molecular formula is C17H20O9. The Labute approximate surface area is 148 Å². The van der Waals surface area contributed by atoms with Crippen LogP contribution >= 0.6 is 0 Å². The molecular weight excluding hydrogens is 348 g/mol. The number of benzene rings is 1. The fraction of sp³-hybridized carbons (Fsp3) is 0.353. The molecule has 9 heteroatoms. The Morgan fingerprint density at radius 2 is 1.81 bits per heavy atom. The summed E-state index contributed by atoms with van der Waals surface area (Å²) in [6.07, 6.45) is -0.225. The maximum absolute atomic E-state index is 11.9. The van der Waals surface area contributed by atoms with Gasteiger partial charge in [0.05, 0.1) is 0 Å². The van der Waals surface area contributed by atoms with E-state index in [4.69, 9.17) is 0 Å². The molecule has 0 heterocycles. The molecule has 0 spiro atoms. The Hall–Kier alpha value is -3.07. The number of ether oxygens (including phenoxy) is 1. The second-order valence-electron chi connectivity index (χ2n) is 5.68. The molecule has 142 valence electrons. The second-order valence-corrected chi connectivity index (χ2v) is 5.68. The van der Waals surface area contributed by atoms with Gasteiger partial charge < -0.3 is 30.3 Å². The van der Waals surface area contributed by atoms with Crippen LogP contribution in [0.3, 0.4) is 0 Å². The van der Waals surface area contributed by atoms with Crippen molar-refractivity contribution >= 4 is 24.0 Å². The number of aliphatic hydroxyl groups is 1. The number of carbonyl (C=O) groups excluding carboxylic acids is 1. The highest BCUT2D eigenvalue weighted by Gasteiger charge is 2.54. The van der Waals surface area contributed by atoms with Crippen molar-refractivity contribution in [2.75, 3.05) is 0 Å². The Balaban J connectivity index is 3.04. The van der Waals surface area contributed by atoms with Crippen molar-refractivity contribution in [2.45, 2.75) is 32.0 Å². The number of aromatic hydroxyl groups is 2. The predicted molar refractivity (Wildman–Crippen MR) is 88.4 cm³/mol. The molecule has 0 aliphatic carbocycles. The van der Waals surface area contributed by atoms with E-state index in [0.29, 0.717) is 5.56 Å². The number of carboxylic acid groups (broad SMARTS) is 2. The number of phenols is 2. The molecule has 0 amide bonds. The van der Waals surface area contributed by atoms with E-state index in [9.17, 15) is 39.9 Å². The quantitative estimate of drug-likeness (QED) is 0.256. The first-order valence-electron chi connectivity index (χ1n) is 7.63. The molecule has 0 saturated heterocycles. The fourth-order valence-corrected chi connectivity index (χ4v) is 2.18. The molecule has 0 radical (unpaired) electrons. The molecule has 3 atom stereocenters. The maximum atomic E-state index is 11.9. The number of carbonyl (C=O) groups is 3. The number of rotatable bonds is 8. The van der Waals surface area contributed by atoms with Crippen molar-refractivity contribution < 1.29 is 44.7 Å². The van der Waals surface area contributed by atoms with Crippen LogP contribution in [-0.4, -0.2) is 55.1 Å². The van der Waals surface area contributed by atoms with Crippen LogP contribution in [0.2, 0.25) is 0 Å². The summed E-state index contributed by atoms with van der Waals surface area (Å²) in [7, 11) is 0.